The lowest BCUT2D eigenvalue weighted by atomic mass is 9.98. The fourth-order valence-electron chi connectivity index (χ4n) is 5.15. The molecule has 2 atom stereocenters. The van der Waals surface area contributed by atoms with Gasteiger partial charge in [-0.25, -0.2) is 17.7 Å². The number of piperidine rings is 1. The van der Waals surface area contributed by atoms with Gasteiger partial charge in [-0.2, -0.15) is 0 Å². The molecule has 1 aliphatic carbocycles. The highest BCUT2D eigenvalue weighted by molar-refractivity contribution is 7.88. The smallest absolute Gasteiger partial charge is 0.211 e. The van der Waals surface area contributed by atoms with Gasteiger partial charge in [0.1, 0.15) is 5.82 Å². The Kier molecular flexibility index (Phi) is 5.14. The first-order chi connectivity index (χ1) is 12.4. The Bertz CT molecular complexity index is 758. The topological polar surface area (TPSA) is 58.4 Å². The third kappa shape index (κ3) is 3.58. The van der Waals surface area contributed by atoms with Crippen LogP contribution in [0.3, 0.4) is 0 Å². The molecule has 0 saturated carbocycles. The molecule has 26 heavy (non-hydrogen) atoms. The second-order valence-corrected chi connectivity index (χ2v) is 10.4. The zero-order chi connectivity index (χ0) is 18.3. The molecule has 0 amide bonds. The number of aryl methyl sites for hydroxylation is 1. The van der Waals surface area contributed by atoms with Crippen LogP contribution < -0.4 is 0 Å². The lowest BCUT2D eigenvalue weighted by Gasteiger charge is -2.35. The summed E-state index contributed by atoms with van der Waals surface area (Å²) in [5.41, 5.74) is 2.76. The average molecular weight is 381 g/mol. The van der Waals surface area contributed by atoms with Crippen molar-refractivity contribution in [3.63, 3.8) is 0 Å². The van der Waals surface area contributed by atoms with Crippen LogP contribution >= 0.6 is 0 Å². The van der Waals surface area contributed by atoms with Crippen LogP contribution in [0.25, 0.3) is 0 Å². The second-order valence-electron chi connectivity index (χ2n) is 8.41. The highest BCUT2D eigenvalue weighted by Gasteiger charge is 2.34. The van der Waals surface area contributed by atoms with E-state index >= 15 is 0 Å². The maximum Gasteiger partial charge on any atom is 0.211 e. The zero-order valence-electron chi connectivity index (χ0n) is 16.2. The van der Waals surface area contributed by atoms with E-state index in [1.54, 1.807) is 4.31 Å². The van der Waals surface area contributed by atoms with Crippen LogP contribution in [0.2, 0.25) is 0 Å². The second kappa shape index (κ2) is 7.24. The van der Waals surface area contributed by atoms with Gasteiger partial charge in [-0.15, -0.1) is 0 Å². The lowest BCUT2D eigenvalue weighted by molar-refractivity contribution is 0.163. The molecule has 0 unspecified atom stereocenters. The minimum Gasteiger partial charge on any atom is -0.334 e. The molecule has 2 saturated heterocycles. The van der Waals surface area contributed by atoms with Gasteiger partial charge in [-0.1, -0.05) is 0 Å². The molecule has 1 aromatic heterocycles. The number of sulfonamides is 1. The molecule has 2 fully saturated rings. The Labute approximate surface area is 157 Å². The van der Waals surface area contributed by atoms with E-state index in [1.165, 1.54) is 49.2 Å². The van der Waals surface area contributed by atoms with E-state index in [0.717, 1.165) is 38.8 Å². The van der Waals surface area contributed by atoms with Crippen molar-refractivity contribution in [2.45, 2.75) is 57.4 Å². The van der Waals surface area contributed by atoms with E-state index < -0.39 is 10.0 Å². The van der Waals surface area contributed by atoms with Crippen molar-refractivity contribution in [1.82, 2.24) is 18.8 Å². The number of aromatic nitrogens is 2. The van der Waals surface area contributed by atoms with Crippen molar-refractivity contribution in [2.24, 2.45) is 13.0 Å². The first-order valence-corrected chi connectivity index (χ1v) is 12.0. The summed E-state index contributed by atoms with van der Waals surface area (Å²) in [6.07, 6.45) is 10.7. The molecule has 2 aliphatic heterocycles. The SMILES string of the molecule is Cn1c([C@@H]2CCCN2C[C@H]2CCCN(S(C)(=O)=O)C2)nc2c1CCCC2. The number of hydrogen-bond acceptors (Lipinski definition) is 4. The Morgan fingerprint density at radius 3 is 2.62 bits per heavy atom. The Hall–Kier alpha value is -0.920. The predicted octanol–water partition coefficient (Wildman–Crippen LogP) is 2.11. The minimum atomic E-state index is -3.07. The number of rotatable bonds is 4. The Morgan fingerprint density at radius 1 is 1.08 bits per heavy atom. The van der Waals surface area contributed by atoms with Gasteiger partial charge in [-0.05, 0) is 63.8 Å². The molecule has 0 N–H and O–H groups in total. The highest BCUT2D eigenvalue weighted by atomic mass is 32.2. The van der Waals surface area contributed by atoms with E-state index in [9.17, 15) is 8.42 Å². The summed E-state index contributed by atoms with van der Waals surface area (Å²) < 4.78 is 27.9. The molecular formula is C19H32N4O2S. The first kappa shape index (κ1) is 18.4. The van der Waals surface area contributed by atoms with Crippen molar-refractivity contribution in [1.29, 1.82) is 0 Å². The van der Waals surface area contributed by atoms with Crippen LogP contribution in [0.15, 0.2) is 0 Å². The largest absolute Gasteiger partial charge is 0.334 e. The summed E-state index contributed by atoms with van der Waals surface area (Å²) in [5, 5.41) is 0. The van der Waals surface area contributed by atoms with Gasteiger partial charge in [0.05, 0.1) is 18.0 Å². The number of imidazole rings is 1. The molecule has 7 heteroatoms. The molecule has 0 spiro atoms. The molecule has 0 bridgehead atoms. The first-order valence-electron chi connectivity index (χ1n) is 10.2. The maximum atomic E-state index is 11.9. The normalized spacial score (nSPS) is 28.4. The summed E-state index contributed by atoms with van der Waals surface area (Å²) in [4.78, 5) is 7.62. The number of fused-ring (bicyclic) bond motifs is 1. The molecule has 0 aromatic carbocycles. The van der Waals surface area contributed by atoms with Crippen LogP contribution in [0.4, 0.5) is 0 Å². The molecular weight excluding hydrogens is 348 g/mol. The molecule has 1 aromatic rings. The van der Waals surface area contributed by atoms with Gasteiger partial charge in [0.25, 0.3) is 0 Å². The third-order valence-electron chi connectivity index (χ3n) is 6.51. The molecule has 4 rings (SSSR count). The number of nitrogens with zero attached hydrogens (tertiary/aromatic N) is 4. The van der Waals surface area contributed by atoms with E-state index in [0.29, 0.717) is 25.0 Å². The summed E-state index contributed by atoms with van der Waals surface area (Å²) in [5.74, 6) is 1.68. The van der Waals surface area contributed by atoms with Crippen LogP contribution in [-0.2, 0) is 29.9 Å². The van der Waals surface area contributed by atoms with Crippen LogP contribution in [0, 0.1) is 5.92 Å². The van der Waals surface area contributed by atoms with Gasteiger partial charge in [0, 0.05) is 32.4 Å². The van der Waals surface area contributed by atoms with Crippen LogP contribution in [-0.4, -0.2) is 59.6 Å². The fourth-order valence-corrected chi connectivity index (χ4v) is 6.09. The van der Waals surface area contributed by atoms with E-state index in [2.05, 4.69) is 16.5 Å². The van der Waals surface area contributed by atoms with Gasteiger partial charge in [0.2, 0.25) is 10.0 Å². The van der Waals surface area contributed by atoms with E-state index in [-0.39, 0.29) is 0 Å². The van der Waals surface area contributed by atoms with Crippen molar-refractivity contribution < 1.29 is 8.42 Å². The molecule has 0 radical (unpaired) electrons. The average Bonchev–Trinajstić information content (AvgIpc) is 3.19. The standard InChI is InChI=1S/C19H32N4O2S/c1-21-17-9-4-3-8-16(17)20-19(21)18-10-6-11-22(18)13-15-7-5-12-23(14-15)26(2,24)25/h15,18H,3-14H2,1-2H3/t15-,18+/m1/s1. The van der Waals surface area contributed by atoms with E-state index in [4.69, 9.17) is 4.98 Å². The van der Waals surface area contributed by atoms with Gasteiger partial charge in [0.15, 0.2) is 0 Å². The third-order valence-corrected chi connectivity index (χ3v) is 7.78. The van der Waals surface area contributed by atoms with Gasteiger partial charge >= 0.3 is 0 Å². The monoisotopic (exact) mass is 380 g/mol. The maximum absolute atomic E-state index is 11.9. The molecule has 146 valence electrons. The molecule has 3 aliphatic rings. The van der Waals surface area contributed by atoms with Crippen LogP contribution in [0.1, 0.15) is 61.8 Å². The number of likely N-dealkylation sites (tertiary alicyclic amines) is 1. The summed E-state index contributed by atoms with van der Waals surface area (Å²) in [7, 11) is -0.879. The molecule has 3 heterocycles. The van der Waals surface area contributed by atoms with Crippen molar-refractivity contribution in [3.05, 3.63) is 17.2 Å². The summed E-state index contributed by atoms with van der Waals surface area (Å²) in [6, 6.07) is 0.402. The lowest BCUT2D eigenvalue weighted by Crippen LogP contribution is -2.43. The van der Waals surface area contributed by atoms with Crippen molar-refractivity contribution in [2.75, 3.05) is 32.4 Å². The minimum absolute atomic E-state index is 0.402. The number of hydrogen-bond donors (Lipinski definition) is 0. The molecule has 6 nitrogen and oxygen atoms in total. The van der Waals surface area contributed by atoms with Gasteiger partial charge in [-0.3, -0.25) is 4.90 Å². The van der Waals surface area contributed by atoms with E-state index in [1.807, 2.05) is 0 Å². The highest BCUT2D eigenvalue weighted by Crippen LogP contribution is 2.35. The zero-order valence-corrected chi connectivity index (χ0v) is 17.0. The Balaban J connectivity index is 1.48. The summed E-state index contributed by atoms with van der Waals surface area (Å²) >= 11 is 0. The summed E-state index contributed by atoms with van der Waals surface area (Å²) in [6.45, 7) is 3.47. The Morgan fingerprint density at radius 2 is 1.85 bits per heavy atom. The quantitative estimate of drug-likeness (QED) is 0.803. The van der Waals surface area contributed by atoms with Gasteiger partial charge < -0.3 is 4.57 Å². The van der Waals surface area contributed by atoms with Crippen molar-refractivity contribution >= 4 is 10.0 Å². The van der Waals surface area contributed by atoms with Crippen molar-refractivity contribution in [3.8, 4) is 0 Å². The van der Waals surface area contributed by atoms with Crippen LogP contribution in [0.5, 0.6) is 0 Å². The predicted molar refractivity (Wildman–Crippen MR) is 103 cm³/mol. The fraction of sp³-hybridized carbons (Fsp3) is 0.842.